The van der Waals surface area contributed by atoms with Gasteiger partial charge in [-0.15, -0.1) is 0 Å². The molecule has 1 saturated carbocycles. The molecule has 30 heavy (non-hydrogen) atoms. The summed E-state index contributed by atoms with van der Waals surface area (Å²) in [7, 11) is -3.49. The van der Waals surface area contributed by atoms with Gasteiger partial charge >= 0.3 is 0 Å². The van der Waals surface area contributed by atoms with Gasteiger partial charge in [-0.1, -0.05) is 12.1 Å². The normalized spacial score (nSPS) is 28.6. The highest BCUT2D eigenvalue weighted by Gasteiger charge is 2.43. The van der Waals surface area contributed by atoms with E-state index in [4.69, 9.17) is 9.47 Å². The van der Waals surface area contributed by atoms with Crippen LogP contribution in [0.5, 0.6) is 0 Å². The zero-order chi connectivity index (χ0) is 21.1. The number of hydrogen-bond acceptors (Lipinski definition) is 5. The van der Waals surface area contributed by atoms with Crippen molar-refractivity contribution in [1.82, 2.24) is 9.62 Å². The molecule has 3 fully saturated rings. The Morgan fingerprint density at radius 2 is 1.63 bits per heavy atom. The van der Waals surface area contributed by atoms with Crippen molar-refractivity contribution < 1.29 is 27.1 Å². The predicted octanol–water partition coefficient (Wildman–Crippen LogP) is 1.65. The highest BCUT2D eigenvalue weighted by atomic mass is 32.2. The number of hydrogen-bond donors (Lipinski definition) is 1. The quantitative estimate of drug-likeness (QED) is 0.753. The molecule has 4 rings (SSSR count). The number of morpholine rings is 1. The Bertz CT molecular complexity index is 835. The lowest BCUT2D eigenvalue weighted by molar-refractivity contribution is -0.140. The van der Waals surface area contributed by atoms with Gasteiger partial charge in [0.2, 0.25) is 15.9 Å². The number of amides is 1. The number of nitrogens with one attached hydrogen (secondary N) is 1. The Balaban J connectivity index is 1.52. The number of halogens is 1. The Hall–Kier alpha value is -1.55. The molecule has 3 atom stereocenters. The van der Waals surface area contributed by atoms with Crippen molar-refractivity contribution in [3.63, 3.8) is 0 Å². The highest BCUT2D eigenvalue weighted by molar-refractivity contribution is 7.90. The summed E-state index contributed by atoms with van der Waals surface area (Å²) in [6, 6.07) is 5.88. The molecule has 1 aliphatic carbocycles. The molecule has 2 aliphatic heterocycles. The fourth-order valence-corrected chi connectivity index (χ4v) is 6.48. The maximum atomic E-state index is 13.4. The first kappa shape index (κ1) is 21.7. The highest BCUT2D eigenvalue weighted by Crippen LogP contribution is 2.41. The lowest BCUT2D eigenvalue weighted by Crippen LogP contribution is -2.45. The van der Waals surface area contributed by atoms with Crippen molar-refractivity contribution in [1.29, 1.82) is 0 Å². The van der Waals surface area contributed by atoms with Gasteiger partial charge in [0.25, 0.3) is 0 Å². The Kier molecular flexibility index (Phi) is 6.72. The SMILES string of the molecule is O=C([C@H]1C[C@@H](NS(=O)(=O)C2CCOCC2)C[C@@H]1c1ccc(F)cc1)N1CCOCC1. The fraction of sp³-hybridized carbons (Fsp3) is 0.667. The maximum absolute atomic E-state index is 13.4. The minimum absolute atomic E-state index is 0.0281. The molecule has 3 aliphatic rings. The van der Waals surface area contributed by atoms with Crippen LogP contribution in [0.15, 0.2) is 24.3 Å². The number of carbonyl (C=O) groups excluding carboxylic acids is 1. The molecular formula is C21H29FN2O5S. The molecule has 0 unspecified atom stereocenters. The molecule has 0 aromatic heterocycles. The van der Waals surface area contributed by atoms with Gasteiger partial charge in [-0.3, -0.25) is 4.79 Å². The number of ether oxygens (including phenoxy) is 2. The third-order valence-corrected chi connectivity index (χ3v) is 8.45. The van der Waals surface area contributed by atoms with Gasteiger partial charge in [-0.2, -0.15) is 0 Å². The molecule has 9 heteroatoms. The van der Waals surface area contributed by atoms with Gasteiger partial charge in [0.05, 0.1) is 18.5 Å². The number of carbonyl (C=O) groups is 1. The third kappa shape index (κ3) is 4.85. The summed E-state index contributed by atoms with van der Waals surface area (Å²) in [4.78, 5) is 15.1. The van der Waals surface area contributed by atoms with Crippen LogP contribution in [0.25, 0.3) is 0 Å². The largest absolute Gasteiger partial charge is 0.381 e. The average Bonchev–Trinajstić information content (AvgIpc) is 3.18. The second-order valence-corrected chi connectivity index (χ2v) is 10.3. The van der Waals surface area contributed by atoms with E-state index < -0.39 is 15.3 Å². The van der Waals surface area contributed by atoms with E-state index >= 15 is 0 Å². The van der Waals surface area contributed by atoms with Crippen LogP contribution in [-0.2, 0) is 24.3 Å². The van der Waals surface area contributed by atoms with Gasteiger partial charge in [0.1, 0.15) is 5.82 Å². The summed E-state index contributed by atoms with van der Waals surface area (Å²) in [6.07, 6.45) is 1.94. The van der Waals surface area contributed by atoms with E-state index in [2.05, 4.69) is 4.72 Å². The summed E-state index contributed by atoms with van der Waals surface area (Å²) in [6.45, 7) is 3.02. The molecule has 1 aromatic rings. The van der Waals surface area contributed by atoms with Crippen LogP contribution in [-0.4, -0.2) is 70.0 Å². The van der Waals surface area contributed by atoms with Crippen molar-refractivity contribution in [3.8, 4) is 0 Å². The molecule has 1 aromatic carbocycles. The first-order valence-corrected chi connectivity index (χ1v) is 12.2. The molecule has 1 amide bonds. The first-order chi connectivity index (χ1) is 14.4. The topological polar surface area (TPSA) is 84.9 Å². The van der Waals surface area contributed by atoms with E-state index in [-0.39, 0.29) is 29.6 Å². The minimum atomic E-state index is -3.49. The van der Waals surface area contributed by atoms with Crippen molar-refractivity contribution in [3.05, 3.63) is 35.6 Å². The van der Waals surface area contributed by atoms with E-state index in [0.29, 0.717) is 65.2 Å². The van der Waals surface area contributed by atoms with E-state index in [1.54, 1.807) is 17.0 Å². The summed E-state index contributed by atoms with van der Waals surface area (Å²) < 4.78 is 52.7. The zero-order valence-electron chi connectivity index (χ0n) is 17.0. The van der Waals surface area contributed by atoms with Gasteiger partial charge in [0, 0.05) is 38.3 Å². The Labute approximate surface area is 177 Å². The Morgan fingerprint density at radius 1 is 1.00 bits per heavy atom. The second kappa shape index (κ2) is 9.30. The molecule has 1 N–H and O–H groups in total. The lowest BCUT2D eigenvalue weighted by Gasteiger charge is -2.31. The van der Waals surface area contributed by atoms with Crippen LogP contribution in [0.4, 0.5) is 4.39 Å². The number of benzene rings is 1. The molecular weight excluding hydrogens is 411 g/mol. The first-order valence-electron chi connectivity index (χ1n) is 10.6. The lowest BCUT2D eigenvalue weighted by atomic mass is 9.88. The molecule has 0 spiro atoms. The second-order valence-electron chi connectivity index (χ2n) is 8.35. The summed E-state index contributed by atoms with van der Waals surface area (Å²) in [5, 5.41) is -0.454. The average molecular weight is 441 g/mol. The molecule has 0 radical (unpaired) electrons. The van der Waals surface area contributed by atoms with Crippen LogP contribution in [0.1, 0.15) is 37.2 Å². The van der Waals surface area contributed by atoms with Crippen LogP contribution in [0.2, 0.25) is 0 Å². The fourth-order valence-electron chi connectivity index (χ4n) is 4.82. The van der Waals surface area contributed by atoms with Gasteiger partial charge in [0.15, 0.2) is 0 Å². The van der Waals surface area contributed by atoms with Crippen LogP contribution >= 0.6 is 0 Å². The van der Waals surface area contributed by atoms with Gasteiger partial charge < -0.3 is 14.4 Å². The molecule has 2 saturated heterocycles. The number of sulfonamides is 1. The van der Waals surface area contributed by atoms with Crippen LogP contribution < -0.4 is 4.72 Å². The van der Waals surface area contributed by atoms with E-state index in [0.717, 1.165) is 5.56 Å². The number of nitrogens with zero attached hydrogens (tertiary/aromatic N) is 1. The van der Waals surface area contributed by atoms with Crippen LogP contribution in [0, 0.1) is 11.7 Å². The molecule has 7 nitrogen and oxygen atoms in total. The monoisotopic (exact) mass is 440 g/mol. The van der Waals surface area contributed by atoms with E-state index in [9.17, 15) is 17.6 Å². The molecule has 166 valence electrons. The standard InChI is InChI=1S/C21H29FN2O5S/c22-16-3-1-15(2-4-16)19-13-17(23-30(26,27)18-5-9-28-10-6-18)14-20(19)21(25)24-7-11-29-12-8-24/h1-4,17-20,23H,5-14H2/t17-,19+,20-/m0/s1. The van der Waals surface area contributed by atoms with Crippen molar-refractivity contribution in [2.45, 2.75) is 42.9 Å². The summed E-state index contributed by atoms with van der Waals surface area (Å²) >= 11 is 0. The molecule has 2 heterocycles. The zero-order valence-corrected chi connectivity index (χ0v) is 17.8. The maximum Gasteiger partial charge on any atom is 0.226 e. The smallest absolute Gasteiger partial charge is 0.226 e. The molecule has 0 bridgehead atoms. The van der Waals surface area contributed by atoms with Crippen molar-refractivity contribution >= 4 is 15.9 Å². The van der Waals surface area contributed by atoms with Crippen molar-refractivity contribution in [2.75, 3.05) is 39.5 Å². The summed E-state index contributed by atoms with van der Waals surface area (Å²) in [5.41, 5.74) is 0.871. The van der Waals surface area contributed by atoms with Gasteiger partial charge in [-0.05, 0) is 49.3 Å². The van der Waals surface area contributed by atoms with E-state index in [1.807, 2.05) is 0 Å². The van der Waals surface area contributed by atoms with Crippen LogP contribution in [0.3, 0.4) is 0 Å². The Morgan fingerprint density at radius 3 is 2.30 bits per heavy atom. The minimum Gasteiger partial charge on any atom is -0.381 e. The van der Waals surface area contributed by atoms with E-state index in [1.165, 1.54) is 12.1 Å². The number of rotatable bonds is 5. The third-order valence-electron chi connectivity index (χ3n) is 6.44. The summed E-state index contributed by atoms with van der Waals surface area (Å²) in [5.74, 6) is -0.788. The predicted molar refractivity (Wildman–Crippen MR) is 109 cm³/mol. The van der Waals surface area contributed by atoms with Gasteiger partial charge in [-0.25, -0.2) is 17.5 Å². The van der Waals surface area contributed by atoms with Crippen molar-refractivity contribution in [2.24, 2.45) is 5.92 Å².